The van der Waals surface area contributed by atoms with Crippen LogP contribution in [0.3, 0.4) is 0 Å². The lowest BCUT2D eigenvalue weighted by atomic mass is 10.1. The summed E-state index contributed by atoms with van der Waals surface area (Å²) in [6, 6.07) is 0. The summed E-state index contributed by atoms with van der Waals surface area (Å²) in [5.41, 5.74) is 2.41. The first-order valence-corrected chi connectivity index (χ1v) is 8.08. The van der Waals surface area contributed by atoms with Gasteiger partial charge in [0, 0.05) is 31.1 Å². The molecule has 0 saturated heterocycles. The predicted molar refractivity (Wildman–Crippen MR) is 80.2 cm³/mol. The largest absolute Gasteiger partial charge is 0.424 e. The first kappa shape index (κ1) is 13.8. The van der Waals surface area contributed by atoms with E-state index in [9.17, 15) is 0 Å². The van der Waals surface area contributed by atoms with E-state index in [-0.39, 0.29) is 0 Å². The Morgan fingerprint density at radius 1 is 1.32 bits per heavy atom. The highest BCUT2D eigenvalue weighted by atomic mass is 16.4. The van der Waals surface area contributed by atoms with Crippen LogP contribution in [0, 0.1) is 0 Å². The van der Waals surface area contributed by atoms with Crippen LogP contribution in [0.2, 0.25) is 0 Å². The molecule has 116 valence electrons. The Morgan fingerprint density at radius 2 is 2.18 bits per heavy atom. The normalized spacial score (nSPS) is 18.7. The molecule has 22 heavy (non-hydrogen) atoms. The van der Waals surface area contributed by atoms with Crippen molar-refractivity contribution < 1.29 is 4.42 Å². The highest BCUT2D eigenvalue weighted by Crippen LogP contribution is 2.39. The molecule has 1 saturated carbocycles. The molecule has 1 fully saturated rings. The maximum Gasteiger partial charge on any atom is 0.230 e. The minimum Gasteiger partial charge on any atom is -0.424 e. The topological polar surface area (TPSA) is 67.9 Å². The first-order valence-electron chi connectivity index (χ1n) is 8.08. The smallest absolute Gasteiger partial charge is 0.230 e. The second kappa shape index (κ2) is 5.43. The maximum absolute atomic E-state index is 5.76. The molecule has 2 aromatic rings. The lowest BCUT2D eigenvalue weighted by Crippen LogP contribution is -2.31. The fourth-order valence-corrected chi connectivity index (χ4v) is 2.80. The van der Waals surface area contributed by atoms with Crippen LogP contribution >= 0.6 is 0 Å². The van der Waals surface area contributed by atoms with E-state index in [4.69, 9.17) is 9.40 Å². The summed E-state index contributed by atoms with van der Waals surface area (Å²) in [6.45, 7) is 6.78. The molecule has 4 rings (SSSR count). The van der Waals surface area contributed by atoms with Crippen molar-refractivity contribution in [2.45, 2.75) is 58.0 Å². The van der Waals surface area contributed by atoms with Gasteiger partial charge >= 0.3 is 0 Å². The molecule has 0 atom stereocenters. The number of aromatic nitrogens is 4. The van der Waals surface area contributed by atoms with Gasteiger partial charge in [-0.2, -0.15) is 0 Å². The van der Waals surface area contributed by atoms with E-state index in [0.29, 0.717) is 18.4 Å². The summed E-state index contributed by atoms with van der Waals surface area (Å²) in [6.07, 6.45) is 5.35. The zero-order chi connectivity index (χ0) is 15.1. The minimum absolute atomic E-state index is 0.359. The fourth-order valence-electron chi connectivity index (χ4n) is 2.80. The summed E-state index contributed by atoms with van der Waals surface area (Å²) in [5, 5.41) is 8.34. The molecule has 3 heterocycles. The number of rotatable bonds is 4. The van der Waals surface area contributed by atoms with E-state index >= 15 is 0 Å². The molecule has 6 heteroatoms. The Kier molecular flexibility index (Phi) is 3.41. The Balaban J connectivity index is 1.47. The molecule has 0 amide bonds. The third-order valence-electron chi connectivity index (χ3n) is 4.33. The Hall–Kier alpha value is -1.82. The van der Waals surface area contributed by atoms with E-state index in [1.807, 2.05) is 6.20 Å². The van der Waals surface area contributed by atoms with Crippen LogP contribution in [0.25, 0.3) is 0 Å². The van der Waals surface area contributed by atoms with Crippen molar-refractivity contribution in [2.24, 2.45) is 0 Å². The molecule has 0 unspecified atom stereocenters. The Morgan fingerprint density at radius 3 is 2.95 bits per heavy atom. The molecule has 0 bridgehead atoms. The third-order valence-corrected chi connectivity index (χ3v) is 4.33. The van der Waals surface area contributed by atoms with Gasteiger partial charge in [0.25, 0.3) is 0 Å². The van der Waals surface area contributed by atoms with E-state index in [1.165, 1.54) is 18.4 Å². The first-order chi connectivity index (χ1) is 10.7. The van der Waals surface area contributed by atoms with Gasteiger partial charge in [-0.05, 0) is 24.8 Å². The Labute approximate surface area is 130 Å². The molecule has 1 aliphatic carbocycles. The van der Waals surface area contributed by atoms with Gasteiger partial charge in [-0.1, -0.05) is 13.8 Å². The number of hydrogen-bond donors (Lipinski definition) is 0. The van der Waals surface area contributed by atoms with Crippen molar-refractivity contribution in [2.75, 3.05) is 6.54 Å². The zero-order valence-electron chi connectivity index (χ0n) is 13.1. The summed E-state index contributed by atoms with van der Waals surface area (Å²) < 4.78 is 5.76. The van der Waals surface area contributed by atoms with Gasteiger partial charge in [-0.15, -0.1) is 10.2 Å². The molecule has 0 radical (unpaired) electrons. The van der Waals surface area contributed by atoms with Crippen LogP contribution in [-0.2, 0) is 19.5 Å². The van der Waals surface area contributed by atoms with Crippen molar-refractivity contribution in [1.29, 1.82) is 0 Å². The van der Waals surface area contributed by atoms with E-state index < -0.39 is 0 Å². The summed E-state index contributed by atoms with van der Waals surface area (Å²) >= 11 is 0. The van der Waals surface area contributed by atoms with Crippen molar-refractivity contribution in [3.8, 4) is 0 Å². The maximum atomic E-state index is 5.76. The van der Waals surface area contributed by atoms with Gasteiger partial charge < -0.3 is 4.42 Å². The third kappa shape index (κ3) is 2.75. The van der Waals surface area contributed by atoms with Crippen LogP contribution < -0.4 is 0 Å². The van der Waals surface area contributed by atoms with Gasteiger partial charge in [-0.3, -0.25) is 4.90 Å². The van der Waals surface area contributed by atoms with Crippen LogP contribution in [-0.4, -0.2) is 31.6 Å². The van der Waals surface area contributed by atoms with Gasteiger partial charge in [0.1, 0.15) is 5.82 Å². The van der Waals surface area contributed by atoms with Crippen molar-refractivity contribution in [1.82, 2.24) is 25.1 Å². The second-order valence-electron chi connectivity index (χ2n) is 6.62. The second-order valence-corrected chi connectivity index (χ2v) is 6.62. The van der Waals surface area contributed by atoms with Crippen molar-refractivity contribution >= 4 is 0 Å². The predicted octanol–water partition coefficient (Wildman–Crippen LogP) is 2.42. The molecule has 6 nitrogen and oxygen atoms in total. The fraction of sp³-hybridized carbons (Fsp3) is 0.625. The van der Waals surface area contributed by atoms with Crippen molar-refractivity contribution in [3.05, 3.63) is 35.1 Å². The number of nitrogens with zero attached hydrogens (tertiary/aromatic N) is 5. The molecule has 2 aliphatic rings. The van der Waals surface area contributed by atoms with Crippen LogP contribution in [0.15, 0.2) is 10.6 Å². The van der Waals surface area contributed by atoms with Gasteiger partial charge in [0.05, 0.1) is 12.2 Å². The summed E-state index contributed by atoms with van der Waals surface area (Å²) in [5.74, 6) is 3.34. The standard InChI is InChI=1S/C16H21N5O/c1-10(2)15-17-7-12-5-6-21(8-13(12)18-15)9-14-19-20-16(22-14)11-3-4-11/h7,10-11H,3-6,8-9H2,1-2H3. The van der Waals surface area contributed by atoms with Gasteiger partial charge in [-0.25, -0.2) is 9.97 Å². The lowest BCUT2D eigenvalue weighted by Gasteiger charge is -2.26. The van der Waals surface area contributed by atoms with Crippen LogP contribution in [0.1, 0.15) is 67.4 Å². The van der Waals surface area contributed by atoms with Crippen LogP contribution in [0.5, 0.6) is 0 Å². The van der Waals surface area contributed by atoms with Gasteiger partial charge in [0.15, 0.2) is 0 Å². The highest BCUT2D eigenvalue weighted by molar-refractivity contribution is 5.21. The lowest BCUT2D eigenvalue weighted by molar-refractivity contribution is 0.215. The van der Waals surface area contributed by atoms with Crippen LogP contribution in [0.4, 0.5) is 0 Å². The molecule has 0 N–H and O–H groups in total. The Bertz CT molecular complexity index is 677. The molecule has 1 aliphatic heterocycles. The highest BCUT2D eigenvalue weighted by Gasteiger charge is 2.30. The van der Waals surface area contributed by atoms with E-state index in [2.05, 4.69) is 33.9 Å². The van der Waals surface area contributed by atoms with E-state index in [1.54, 1.807) is 0 Å². The number of hydrogen-bond acceptors (Lipinski definition) is 6. The number of fused-ring (bicyclic) bond motifs is 1. The molecular weight excluding hydrogens is 278 g/mol. The summed E-state index contributed by atoms with van der Waals surface area (Å²) in [4.78, 5) is 11.5. The van der Waals surface area contributed by atoms with Gasteiger partial charge in [0.2, 0.25) is 11.8 Å². The van der Waals surface area contributed by atoms with Crippen molar-refractivity contribution in [3.63, 3.8) is 0 Å². The monoisotopic (exact) mass is 299 g/mol. The molecule has 0 spiro atoms. The minimum atomic E-state index is 0.359. The molecule has 2 aromatic heterocycles. The molecule has 0 aromatic carbocycles. The average Bonchev–Trinajstić information content (AvgIpc) is 3.27. The molecular formula is C16H21N5O. The zero-order valence-corrected chi connectivity index (χ0v) is 13.1. The summed E-state index contributed by atoms with van der Waals surface area (Å²) in [7, 11) is 0. The SMILES string of the molecule is CC(C)c1ncc2c(n1)CN(Cc1nnc(C3CC3)o1)CC2. The van der Waals surface area contributed by atoms with E-state index in [0.717, 1.165) is 42.8 Å². The quantitative estimate of drug-likeness (QED) is 0.863. The average molecular weight is 299 g/mol.